The number of amides is 2. The molecule has 10 heteroatoms. The van der Waals surface area contributed by atoms with Crippen LogP contribution in [0.15, 0.2) is 75.3 Å². The average Bonchev–Trinajstić information content (AvgIpc) is 2.80. The first-order valence-electron chi connectivity index (χ1n) is 9.86. The number of nitro groups is 1. The normalized spacial score (nSPS) is 11.0. The first kappa shape index (κ1) is 25.1. The predicted molar refractivity (Wildman–Crippen MR) is 137 cm³/mol. The molecule has 8 nitrogen and oxygen atoms in total. The average molecular weight is 589 g/mol. The first-order valence-corrected chi connectivity index (χ1v) is 11.4. The summed E-state index contributed by atoms with van der Waals surface area (Å²) in [4.78, 5) is 36.6. The molecule has 0 unspecified atom stereocenters. The quantitative estimate of drug-likeness (QED) is 0.204. The predicted octanol–water partition coefficient (Wildman–Crippen LogP) is 5.85. The van der Waals surface area contributed by atoms with Crippen molar-refractivity contribution in [3.05, 3.63) is 102 Å². The number of hydrogen-bond donors (Lipinski definition) is 2. The van der Waals surface area contributed by atoms with Gasteiger partial charge in [-0.05, 0) is 82.5 Å². The van der Waals surface area contributed by atoms with Crippen molar-refractivity contribution in [3.63, 3.8) is 0 Å². The highest BCUT2D eigenvalue weighted by molar-refractivity contribution is 9.10. The molecule has 0 aliphatic heterocycles. The summed E-state index contributed by atoms with van der Waals surface area (Å²) in [5.74, 6) is -0.813. The van der Waals surface area contributed by atoms with Crippen LogP contribution in [0.3, 0.4) is 0 Å². The molecule has 0 bridgehead atoms. The van der Waals surface area contributed by atoms with Crippen LogP contribution in [0.4, 0.5) is 11.4 Å². The third-order valence-corrected chi connectivity index (χ3v) is 5.84. The monoisotopic (exact) mass is 587 g/mol. The highest BCUT2D eigenvalue weighted by Crippen LogP contribution is 2.25. The molecule has 0 spiro atoms. The van der Waals surface area contributed by atoms with Gasteiger partial charge in [-0.1, -0.05) is 22.0 Å². The molecule has 0 aromatic heterocycles. The van der Waals surface area contributed by atoms with Crippen molar-refractivity contribution in [2.45, 2.75) is 6.92 Å². The number of nitrogens with zero attached hydrogens (tertiary/aromatic N) is 1. The van der Waals surface area contributed by atoms with Crippen LogP contribution < -0.4 is 15.4 Å². The van der Waals surface area contributed by atoms with E-state index in [-0.39, 0.29) is 16.9 Å². The van der Waals surface area contributed by atoms with Gasteiger partial charge in [-0.2, -0.15) is 0 Å². The number of rotatable bonds is 7. The number of non-ortho nitro benzene ring substituents is 1. The molecule has 34 heavy (non-hydrogen) atoms. The molecule has 2 amide bonds. The van der Waals surface area contributed by atoms with Gasteiger partial charge >= 0.3 is 0 Å². The molecule has 0 radical (unpaired) electrons. The molecule has 3 aromatic carbocycles. The number of aryl methyl sites for hydroxylation is 1. The summed E-state index contributed by atoms with van der Waals surface area (Å²) in [7, 11) is 1.44. The molecule has 3 aromatic rings. The number of halogens is 2. The molecular formula is C24H19Br2N3O5. The molecule has 174 valence electrons. The van der Waals surface area contributed by atoms with E-state index < -0.39 is 16.7 Å². The lowest BCUT2D eigenvalue weighted by atomic mass is 10.1. The van der Waals surface area contributed by atoms with Crippen molar-refractivity contribution < 1.29 is 19.2 Å². The number of ether oxygens (including phenoxy) is 1. The highest BCUT2D eigenvalue weighted by atomic mass is 79.9. The molecule has 0 saturated heterocycles. The summed E-state index contributed by atoms with van der Waals surface area (Å²) in [5.41, 5.74) is 2.07. The lowest BCUT2D eigenvalue weighted by molar-refractivity contribution is -0.384. The lowest BCUT2D eigenvalue weighted by Gasteiger charge is -2.14. The standard InChI is InChI=1S/C24H19Br2N3O5/c1-14-3-9-20(19(26)11-14)27-24(31)21(12-15-4-7-17(8-5-15)29(32)33)28-23(30)18-13-16(25)6-10-22(18)34-2/h3-13H,1-2H3,(H,27,31)(H,28,30). The Kier molecular flexibility index (Phi) is 8.19. The van der Waals surface area contributed by atoms with Gasteiger partial charge in [0, 0.05) is 21.1 Å². The molecule has 0 atom stereocenters. The van der Waals surface area contributed by atoms with Gasteiger partial charge in [0.15, 0.2) is 0 Å². The SMILES string of the molecule is COc1ccc(Br)cc1C(=O)NC(=Cc1ccc([N+](=O)[O-])cc1)C(=O)Nc1ccc(C)cc1Br. The fourth-order valence-corrected chi connectivity index (χ4v) is 3.93. The largest absolute Gasteiger partial charge is 0.496 e. The maximum absolute atomic E-state index is 13.2. The van der Waals surface area contributed by atoms with E-state index in [1.807, 2.05) is 19.1 Å². The Morgan fingerprint density at radius 3 is 2.35 bits per heavy atom. The van der Waals surface area contributed by atoms with Gasteiger partial charge in [0.25, 0.3) is 17.5 Å². The Hall–Kier alpha value is -3.50. The Bertz CT molecular complexity index is 1290. The van der Waals surface area contributed by atoms with Gasteiger partial charge < -0.3 is 15.4 Å². The zero-order chi connectivity index (χ0) is 24.8. The minimum absolute atomic E-state index is 0.0617. The maximum Gasteiger partial charge on any atom is 0.272 e. The molecule has 0 saturated carbocycles. The van der Waals surface area contributed by atoms with Crippen LogP contribution in [0.25, 0.3) is 6.08 Å². The molecule has 0 fully saturated rings. The van der Waals surface area contributed by atoms with Crippen LogP contribution in [0.1, 0.15) is 21.5 Å². The highest BCUT2D eigenvalue weighted by Gasteiger charge is 2.19. The van der Waals surface area contributed by atoms with E-state index in [0.717, 1.165) is 5.56 Å². The van der Waals surface area contributed by atoms with Gasteiger partial charge in [-0.25, -0.2) is 0 Å². The summed E-state index contributed by atoms with van der Waals surface area (Å²) >= 11 is 6.75. The number of carbonyl (C=O) groups is 2. The van der Waals surface area contributed by atoms with E-state index in [0.29, 0.717) is 25.9 Å². The molecular weight excluding hydrogens is 570 g/mol. The van der Waals surface area contributed by atoms with E-state index in [9.17, 15) is 19.7 Å². The van der Waals surface area contributed by atoms with E-state index >= 15 is 0 Å². The van der Waals surface area contributed by atoms with Crippen molar-refractivity contribution in [2.24, 2.45) is 0 Å². The number of carbonyl (C=O) groups excluding carboxylic acids is 2. The number of methoxy groups -OCH3 is 1. The van der Waals surface area contributed by atoms with Gasteiger partial charge in [0.2, 0.25) is 0 Å². The second-order valence-corrected chi connectivity index (χ2v) is 8.91. The Morgan fingerprint density at radius 2 is 1.74 bits per heavy atom. The molecule has 3 rings (SSSR count). The molecule has 0 heterocycles. The summed E-state index contributed by atoms with van der Waals surface area (Å²) in [5, 5.41) is 16.3. The van der Waals surface area contributed by atoms with Crippen LogP contribution in [-0.2, 0) is 4.79 Å². The minimum atomic E-state index is -0.579. The van der Waals surface area contributed by atoms with Crippen LogP contribution in [-0.4, -0.2) is 23.8 Å². The number of benzene rings is 3. The van der Waals surface area contributed by atoms with Crippen molar-refractivity contribution in [1.29, 1.82) is 0 Å². The number of hydrogen-bond acceptors (Lipinski definition) is 5. The van der Waals surface area contributed by atoms with Crippen LogP contribution in [0.2, 0.25) is 0 Å². The number of anilines is 1. The van der Waals surface area contributed by atoms with Crippen molar-refractivity contribution in [3.8, 4) is 5.75 Å². The number of nitrogens with one attached hydrogen (secondary N) is 2. The summed E-state index contributed by atoms with van der Waals surface area (Å²) < 4.78 is 6.60. The van der Waals surface area contributed by atoms with Gasteiger partial charge in [-0.3, -0.25) is 19.7 Å². The van der Waals surface area contributed by atoms with E-state index in [4.69, 9.17) is 4.74 Å². The van der Waals surface area contributed by atoms with Crippen LogP contribution >= 0.6 is 31.9 Å². The Labute approximate surface area is 212 Å². The minimum Gasteiger partial charge on any atom is -0.496 e. The molecule has 0 aliphatic carbocycles. The smallest absolute Gasteiger partial charge is 0.272 e. The van der Waals surface area contributed by atoms with E-state index in [1.54, 1.807) is 24.3 Å². The zero-order valence-electron chi connectivity index (χ0n) is 18.1. The summed E-state index contributed by atoms with van der Waals surface area (Å²) in [6.07, 6.45) is 1.43. The fourth-order valence-electron chi connectivity index (χ4n) is 2.98. The zero-order valence-corrected chi connectivity index (χ0v) is 21.3. The summed E-state index contributed by atoms with van der Waals surface area (Å²) in [6.45, 7) is 1.92. The molecule has 0 aliphatic rings. The van der Waals surface area contributed by atoms with Crippen molar-refractivity contribution >= 4 is 61.1 Å². The van der Waals surface area contributed by atoms with Crippen molar-refractivity contribution in [2.75, 3.05) is 12.4 Å². The van der Waals surface area contributed by atoms with Crippen LogP contribution in [0, 0.1) is 17.0 Å². The first-order chi connectivity index (χ1) is 16.2. The van der Waals surface area contributed by atoms with Gasteiger partial charge in [0.1, 0.15) is 11.4 Å². The topological polar surface area (TPSA) is 111 Å². The van der Waals surface area contributed by atoms with E-state index in [2.05, 4.69) is 42.5 Å². The fraction of sp³-hybridized carbons (Fsp3) is 0.0833. The maximum atomic E-state index is 13.2. The Balaban J connectivity index is 1.97. The third kappa shape index (κ3) is 6.30. The summed E-state index contributed by atoms with van der Waals surface area (Å²) in [6, 6.07) is 16.0. The second-order valence-electron chi connectivity index (χ2n) is 7.14. The van der Waals surface area contributed by atoms with Gasteiger partial charge in [-0.15, -0.1) is 0 Å². The second kappa shape index (κ2) is 11.1. The van der Waals surface area contributed by atoms with Gasteiger partial charge in [0.05, 0.1) is 23.3 Å². The van der Waals surface area contributed by atoms with E-state index in [1.165, 1.54) is 37.5 Å². The number of nitro benzene ring substituents is 1. The Morgan fingerprint density at radius 1 is 1.03 bits per heavy atom. The third-order valence-electron chi connectivity index (χ3n) is 4.69. The van der Waals surface area contributed by atoms with Crippen LogP contribution in [0.5, 0.6) is 5.75 Å². The van der Waals surface area contributed by atoms with Crippen molar-refractivity contribution in [1.82, 2.24) is 5.32 Å². The lowest BCUT2D eigenvalue weighted by Crippen LogP contribution is -2.31. The molecule has 2 N–H and O–H groups in total.